The van der Waals surface area contributed by atoms with Crippen LogP contribution in [-0.4, -0.2) is 53.8 Å². The van der Waals surface area contributed by atoms with Crippen molar-refractivity contribution in [2.75, 3.05) is 23.9 Å². The topological polar surface area (TPSA) is 92.3 Å². The van der Waals surface area contributed by atoms with Crippen molar-refractivity contribution in [2.24, 2.45) is 0 Å². The molecule has 2 aromatic rings. The van der Waals surface area contributed by atoms with Crippen LogP contribution >= 0.6 is 0 Å². The zero-order valence-corrected chi connectivity index (χ0v) is 15.6. The lowest BCUT2D eigenvalue weighted by atomic mass is 10.1. The van der Waals surface area contributed by atoms with E-state index in [-0.39, 0.29) is 35.2 Å². The van der Waals surface area contributed by atoms with E-state index in [9.17, 15) is 13.2 Å². The Morgan fingerprint density at radius 2 is 2.00 bits per heavy atom. The molecule has 1 amide bonds. The molecule has 26 heavy (non-hydrogen) atoms. The van der Waals surface area contributed by atoms with Gasteiger partial charge in [-0.25, -0.2) is 18.4 Å². The third-order valence-electron chi connectivity index (χ3n) is 4.63. The van der Waals surface area contributed by atoms with E-state index >= 15 is 0 Å². The fourth-order valence-electron chi connectivity index (χ4n) is 3.03. The Bertz CT molecular complexity index is 886. The molecule has 0 saturated carbocycles. The van der Waals surface area contributed by atoms with Gasteiger partial charge in [-0.05, 0) is 18.9 Å². The summed E-state index contributed by atoms with van der Waals surface area (Å²) >= 11 is 0. The zero-order chi connectivity index (χ0) is 18.7. The van der Waals surface area contributed by atoms with E-state index in [4.69, 9.17) is 0 Å². The second-order valence-electron chi connectivity index (χ2n) is 6.54. The first-order valence-corrected chi connectivity index (χ1v) is 10.3. The molecule has 0 spiro atoms. The Morgan fingerprint density at radius 1 is 1.27 bits per heavy atom. The van der Waals surface area contributed by atoms with E-state index in [1.54, 1.807) is 13.1 Å². The van der Waals surface area contributed by atoms with Crippen LogP contribution in [0.1, 0.15) is 35.4 Å². The number of carbonyl (C=O) groups excluding carboxylic acids is 1. The minimum absolute atomic E-state index is 0.0104. The van der Waals surface area contributed by atoms with Crippen molar-refractivity contribution in [3.05, 3.63) is 54.0 Å². The summed E-state index contributed by atoms with van der Waals surface area (Å²) in [6.07, 6.45) is 1.80. The van der Waals surface area contributed by atoms with Crippen LogP contribution in [0.3, 0.4) is 0 Å². The monoisotopic (exact) mass is 374 g/mol. The van der Waals surface area contributed by atoms with Gasteiger partial charge >= 0.3 is 0 Å². The van der Waals surface area contributed by atoms with E-state index < -0.39 is 9.84 Å². The predicted molar refractivity (Wildman–Crippen MR) is 99.7 cm³/mol. The van der Waals surface area contributed by atoms with Crippen molar-refractivity contribution in [1.29, 1.82) is 0 Å². The van der Waals surface area contributed by atoms with E-state index in [1.165, 1.54) is 11.2 Å². The fourth-order valence-corrected chi connectivity index (χ4v) is 4.80. The highest BCUT2D eigenvalue weighted by molar-refractivity contribution is 7.91. The Kier molecular flexibility index (Phi) is 5.22. The molecule has 1 saturated heterocycles. The first-order valence-electron chi connectivity index (χ1n) is 8.47. The summed E-state index contributed by atoms with van der Waals surface area (Å²) in [6.45, 7) is 2.01. The van der Waals surface area contributed by atoms with Gasteiger partial charge in [-0.2, -0.15) is 0 Å². The van der Waals surface area contributed by atoms with Gasteiger partial charge in [0, 0.05) is 25.2 Å². The number of hydrogen-bond donors (Lipinski definition) is 1. The van der Waals surface area contributed by atoms with Crippen LogP contribution in [-0.2, 0) is 9.84 Å². The molecule has 1 aliphatic rings. The highest BCUT2D eigenvalue weighted by Crippen LogP contribution is 2.20. The minimum Gasteiger partial charge on any atom is -0.363 e. The number of benzene rings is 1. The van der Waals surface area contributed by atoms with Gasteiger partial charge < -0.3 is 10.2 Å². The minimum atomic E-state index is -3.05. The second-order valence-corrected chi connectivity index (χ2v) is 8.77. The van der Waals surface area contributed by atoms with Crippen LogP contribution in [0.15, 0.2) is 42.7 Å². The smallest absolute Gasteiger partial charge is 0.272 e. The van der Waals surface area contributed by atoms with Crippen molar-refractivity contribution in [1.82, 2.24) is 14.9 Å². The van der Waals surface area contributed by atoms with E-state index in [2.05, 4.69) is 15.3 Å². The number of nitrogens with zero attached hydrogens (tertiary/aromatic N) is 3. The van der Waals surface area contributed by atoms with Crippen LogP contribution in [0.5, 0.6) is 0 Å². The van der Waals surface area contributed by atoms with Crippen molar-refractivity contribution in [2.45, 2.75) is 25.4 Å². The van der Waals surface area contributed by atoms with E-state index in [0.717, 1.165) is 5.56 Å². The number of nitrogens with one attached hydrogen (secondary N) is 1. The molecule has 1 aliphatic heterocycles. The number of sulfone groups is 1. The summed E-state index contributed by atoms with van der Waals surface area (Å²) in [7, 11) is -1.43. The lowest BCUT2D eigenvalue weighted by molar-refractivity contribution is 0.0741. The Balaban J connectivity index is 1.71. The number of carbonyl (C=O) groups is 1. The molecule has 2 unspecified atom stereocenters. The molecular formula is C18H22N4O3S. The molecule has 1 aromatic heterocycles. The van der Waals surface area contributed by atoms with Gasteiger partial charge in [0.1, 0.15) is 17.8 Å². The van der Waals surface area contributed by atoms with Crippen LogP contribution in [0.4, 0.5) is 5.82 Å². The third-order valence-corrected chi connectivity index (χ3v) is 6.38. The summed E-state index contributed by atoms with van der Waals surface area (Å²) in [5.41, 5.74) is 1.35. The molecule has 0 bridgehead atoms. The zero-order valence-electron chi connectivity index (χ0n) is 14.8. The van der Waals surface area contributed by atoms with Crippen LogP contribution < -0.4 is 5.32 Å². The van der Waals surface area contributed by atoms with Crippen LogP contribution in [0.2, 0.25) is 0 Å². The normalized spacial score (nSPS) is 19.7. The predicted octanol–water partition coefficient (Wildman–Crippen LogP) is 1.91. The summed E-state index contributed by atoms with van der Waals surface area (Å²) < 4.78 is 23.3. The van der Waals surface area contributed by atoms with E-state index in [1.807, 2.05) is 37.3 Å². The molecule has 1 fully saturated rings. The summed E-state index contributed by atoms with van der Waals surface area (Å²) in [5.74, 6) is 0.383. The largest absolute Gasteiger partial charge is 0.363 e. The highest BCUT2D eigenvalue weighted by atomic mass is 32.2. The van der Waals surface area contributed by atoms with Gasteiger partial charge in [-0.1, -0.05) is 30.3 Å². The number of amides is 1. The first-order chi connectivity index (χ1) is 12.4. The molecule has 8 heteroatoms. The van der Waals surface area contributed by atoms with Gasteiger partial charge in [0.05, 0.1) is 11.5 Å². The van der Waals surface area contributed by atoms with Crippen LogP contribution in [0, 0.1) is 0 Å². The molecule has 1 aromatic carbocycles. The van der Waals surface area contributed by atoms with Gasteiger partial charge in [0.2, 0.25) is 0 Å². The fraction of sp³-hybridized carbons (Fsp3) is 0.389. The molecule has 7 nitrogen and oxygen atoms in total. The molecule has 3 rings (SSSR count). The lowest BCUT2D eigenvalue weighted by Crippen LogP contribution is -2.38. The maximum atomic E-state index is 12.7. The summed E-state index contributed by atoms with van der Waals surface area (Å²) in [5, 5.41) is 3.26. The van der Waals surface area contributed by atoms with Crippen molar-refractivity contribution >= 4 is 21.6 Å². The molecule has 0 radical (unpaired) electrons. The average Bonchev–Trinajstić information content (AvgIpc) is 3.01. The highest BCUT2D eigenvalue weighted by Gasteiger charge is 2.33. The number of aromatic nitrogens is 2. The lowest BCUT2D eigenvalue weighted by Gasteiger charge is -2.23. The molecular weight excluding hydrogens is 352 g/mol. The van der Waals surface area contributed by atoms with E-state index in [0.29, 0.717) is 12.2 Å². The quantitative estimate of drug-likeness (QED) is 0.859. The van der Waals surface area contributed by atoms with Crippen molar-refractivity contribution in [3.8, 4) is 0 Å². The standard InChI is InChI=1S/C18H22N4O3S/c1-13(14-6-4-3-5-7-14)21-17-10-16(19-12-20-17)18(23)22(2)15-8-9-26(24,25)11-15/h3-7,10,12-13,15H,8-9,11H2,1-2H3,(H,19,20,21). The van der Waals surface area contributed by atoms with Gasteiger partial charge in [0.15, 0.2) is 9.84 Å². The number of hydrogen-bond acceptors (Lipinski definition) is 6. The second kappa shape index (κ2) is 7.41. The number of rotatable bonds is 5. The maximum absolute atomic E-state index is 12.7. The van der Waals surface area contributed by atoms with Crippen molar-refractivity contribution in [3.63, 3.8) is 0 Å². The Morgan fingerprint density at radius 3 is 2.65 bits per heavy atom. The maximum Gasteiger partial charge on any atom is 0.272 e. The van der Waals surface area contributed by atoms with Gasteiger partial charge in [0.25, 0.3) is 5.91 Å². The first kappa shape index (κ1) is 18.3. The Labute approximate surface area is 153 Å². The Hall–Kier alpha value is -2.48. The third kappa shape index (κ3) is 4.19. The van der Waals surface area contributed by atoms with Crippen molar-refractivity contribution < 1.29 is 13.2 Å². The van der Waals surface area contributed by atoms with Crippen LogP contribution in [0.25, 0.3) is 0 Å². The molecule has 2 atom stereocenters. The number of anilines is 1. The summed E-state index contributed by atoms with van der Waals surface area (Å²) in [6, 6.07) is 11.2. The molecule has 0 aliphatic carbocycles. The molecule has 1 N–H and O–H groups in total. The van der Waals surface area contributed by atoms with Gasteiger partial charge in [-0.15, -0.1) is 0 Å². The molecule has 2 heterocycles. The SMILES string of the molecule is CC(Nc1cc(C(=O)N(C)C2CCS(=O)(=O)C2)ncn1)c1ccccc1. The molecule has 138 valence electrons. The summed E-state index contributed by atoms with van der Waals surface area (Å²) in [4.78, 5) is 22.4. The average molecular weight is 374 g/mol. The van der Waals surface area contributed by atoms with Gasteiger partial charge in [-0.3, -0.25) is 4.79 Å².